The van der Waals surface area contributed by atoms with Crippen molar-refractivity contribution < 1.29 is 14.3 Å². The third-order valence-electron chi connectivity index (χ3n) is 4.15. The van der Waals surface area contributed by atoms with E-state index in [4.69, 9.17) is 9.47 Å². The number of nitrogens with one attached hydrogen (secondary N) is 2. The van der Waals surface area contributed by atoms with Crippen LogP contribution < -0.4 is 10.6 Å². The van der Waals surface area contributed by atoms with Crippen molar-refractivity contribution in [1.82, 2.24) is 20.4 Å². The molecule has 0 aromatic rings. The van der Waals surface area contributed by atoms with Gasteiger partial charge in [-0.15, -0.1) is 0 Å². The highest BCUT2D eigenvalue weighted by Gasteiger charge is 2.17. The predicted octanol–water partition coefficient (Wildman–Crippen LogP) is -0.243. The molecular formula is C17H35N5O3. The van der Waals surface area contributed by atoms with Crippen molar-refractivity contribution in [2.45, 2.75) is 25.9 Å². The van der Waals surface area contributed by atoms with Crippen molar-refractivity contribution in [1.29, 1.82) is 0 Å². The average Bonchev–Trinajstić information content (AvgIpc) is 2.60. The molecule has 0 aromatic heterocycles. The maximum Gasteiger partial charge on any atom is 0.243 e. The molecule has 8 nitrogen and oxygen atoms in total. The summed E-state index contributed by atoms with van der Waals surface area (Å²) in [5.41, 5.74) is -0.304. The lowest BCUT2D eigenvalue weighted by molar-refractivity contribution is -0.127. The Balaban J connectivity index is 2.42. The highest BCUT2D eigenvalue weighted by molar-refractivity contribution is 5.84. The number of guanidine groups is 1. The summed E-state index contributed by atoms with van der Waals surface area (Å²) in [4.78, 5) is 20.1. The van der Waals surface area contributed by atoms with Gasteiger partial charge >= 0.3 is 0 Å². The molecular weight excluding hydrogens is 322 g/mol. The Morgan fingerprint density at radius 2 is 1.96 bits per heavy atom. The van der Waals surface area contributed by atoms with Gasteiger partial charge in [-0.1, -0.05) is 0 Å². The largest absolute Gasteiger partial charge is 0.379 e. The van der Waals surface area contributed by atoms with Gasteiger partial charge in [-0.05, 0) is 26.8 Å². The number of methoxy groups -OCH3 is 1. The third kappa shape index (κ3) is 9.62. The van der Waals surface area contributed by atoms with Crippen molar-refractivity contribution in [3.05, 3.63) is 0 Å². The number of amides is 1. The molecule has 0 spiro atoms. The maximum atomic E-state index is 11.8. The monoisotopic (exact) mass is 357 g/mol. The second-order valence-electron chi connectivity index (χ2n) is 7.00. The third-order valence-corrected chi connectivity index (χ3v) is 4.15. The van der Waals surface area contributed by atoms with Crippen LogP contribution in [0, 0.1) is 0 Å². The second-order valence-corrected chi connectivity index (χ2v) is 7.00. The predicted molar refractivity (Wildman–Crippen MR) is 100.0 cm³/mol. The Morgan fingerprint density at radius 3 is 2.56 bits per heavy atom. The van der Waals surface area contributed by atoms with Crippen LogP contribution in [-0.4, -0.2) is 101 Å². The molecule has 1 heterocycles. The number of aliphatic imine (C=N–C) groups is 1. The van der Waals surface area contributed by atoms with Crippen molar-refractivity contribution >= 4 is 11.9 Å². The Bertz CT molecular complexity index is 421. The van der Waals surface area contributed by atoms with Gasteiger partial charge in [0.05, 0.1) is 18.8 Å². The van der Waals surface area contributed by atoms with Crippen LogP contribution in [0.2, 0.25) is 0 Å². The van der Waals surface area contributed by atoms with E-state index >= 15 is 0 Å². The van der Waals surface area contributed by atoms with Gasteiger partial charge in [0.25, 0.3) is 0 Å². The van der Waals surface area contributed by atoms with E-state index < -0.39 is 0 Å². The van der Waals surface area contributed by atoms with Gasteiger partial charge in [0.1, 0.15) is 6.54 Å². The summed E-state index contributed by atoms with van der Waals surface area (Å²) in [5, 5.41) is 6.56. The summed E-state index contributed by atoms with van der Waals surface area (Å²) in [6.07, 6.45) is 1.01. The number of rotatable bonds is 9. The summed E-state index contributed by atoms with van der Waals surface area (Å²) >= 11 is 0. The van der Waals surface area contributed by atoms with E-state index in [1.807, 2.05) is 13.8 Å². The van der Waals surface area contributed by atoms with Crippen LogP contribution in [0.4, 0.5) is 0 Å². The van der Waals surface area contributed by atoms with Crippen LogP contribution in [0.3, 0.4) is 0 Å². The lowest BCUT2D eigenvalue weighted by Crippen LogP contribution is -2.46. The molecule has 8 heteroatoms. The van der Waals surface area contributed by atoms with E-state index in [1.165, 1.54) is 0 Å². The SMILES string of the molecule is COC(C)(C)CNC(=NCC(=O)N(C)C)NCCCN1CCOCC1. The number of nitrogens with zero attached hydrogens (tertiary/aromatic N) is 3. The minimum Gasteiger partial charge on any atom is -0.379 e. The molecule has 1 aliphatic rings. The van der Waals surface area contributed by atoms with Crippen LogP contribution in [0.1, 0.15) is 20.3 Å². The molecule has 0 unspecified atom stereocenters. The van der Waals surface area contributed by atoms with Crippen LogP contribution in [-0.2, 0) is 14.3 Å². The number of carbonyl (C=O) groups excluding carboxylic acids is 1. The van der Waals surface area contributed by atoms with E-state index in [0.29, 0.717) is 12.5 Å². The van der Waals surface area contributed by atoms with Crippen LogP contribution >= 0.6 is 0 Å². The van der Waals surface area contributed by atoms with Crippen molar-refractivity contribution in [2.75, 3.05) is 73.7 Å². The lowest BCUT2D eigenvalue weighted by atomic mass is 10.1. The number of ether oxygens (including phenoxy) is 2. The molecule has 0 aliphatic carbocycles. The van der Waals surface area contributed by atoms with Crippen LogP contribution in [0.5, 0.6) is 0 Å². The smallest absolute Gasteiger partial charge is 0.243 e. The van der Waals surface area contributed by atoms with Crippen molar-refractivity contribution in [2.24, 2.45) is 4.99 Å². The quantitative estimate of drug-likeness (QED) is 0.337. The Morgan fingerprint density at radius 1 is 1.28 bits per heavy atom. The van der Waals surface area contributed by atoms with Gasteiger partial charge in [0.2, 0.25) is 5.91 Å². The Hall–Kier alpha value is -1.38. The number of carbonyl (C=O) groups is 1. The van der Waals surface area contributed by atoms with E-state index in [9.17, 15) is 4.79 Å². The van der Waals surface area contributed by atoms with Gasteiger partial charge < -0.3 is 25.0 Å². The molecule has 2 N–H and O–H groups in total. The van der Waals surface area contributed by atoms with Gasteiger partial charge in [0.15, 0.2) is 5.96 Å². The molecule has 1 aliphatic heterocycles. The van der Waals surface area contributed by atoms with E-state index in [-0.39, 0.29) is 18.1 Å². The first kappa shape index (κ1) is 21.7. The summed E-state index contributed by atoms with van der Waals surface area (Å²) in [6.45, 7) is 10.2. The molecule has 25 heavy (non-hydrogen) atoms. The van der Waals surface area contributed by atoms with Crippen LogP contribution in [0.25, 0.3) is 0 Å². The molecule has 1 amide bonds. The highest BCUT2D eigenvalue weighted by Crippen LogP contribution is 2.04. The zero-order chi connectivity index (χ0) is 18.7. The number of likely N-dealkylation sites (N-methyl/N-ethyl adjacent to an activating group) is 1. The fourth-order valence-corrected chi connectivity index (χ4v) is 2.17. The molecule has 1 fully saturated rings. The number of hydrogen-bond acceptors (Lipinski definition) is 5. The summed E-state index contributed by atoms with van der Waals surface area (Å²) in [7, 11) is 5.15. The number of morpholine rings is 1. The normalized spacial score (nSPS) is 16.6. The second kappa shape index (κ2) is 11.3. The zero-order valence-corrected chi connectivity index (χ0v) is 16.4. The molecule has 146 valence electrons. The molecule has 0 aromatic carbocycles. The summed E-state index contributed by atoms with van der Waals surface area (Å²) in [6, 6.07) is 0. The van der Waals surface area contributed by atoms with E-state index in [0.717, 1.165) is 45.8 Å². The highest BCUT2D eigenvalue weighted by atomic mass is 16.5. The van der Waals surface area contributed by atoms with Crippen molar-refractivity contribution in [3.8, 4) is 0 Å². The Labute approximate surface area is 151 Å². The molecule has 0 bridgehead atoms. The summed E-state index contributed by atoms with van der Waals surface area (Å²) in [5.74, 6) is 0.614. The molecule has 0 atom stereocenters. The fraction of sp³-hybridized carbons (Fsp3) is 0.882. The molecule has 1 saturated heterocycles. The van der Waals surface area contributed by atoms with Crippen LogP contribution in [0.15, 0.2) is 4.99 Å². The fourth-order valence-electron chi connectivity index (χ4n) is 2.17. The van der Waals surface area contributed by atoms with E-state index in [2.05, 4.69) is 20.5 Å². The maximum absolute atomic E-state index is 11.8. The zero-order valence-electron chi connectivity index (χ0n) is 16.4. The Kier molecular flexibility index (Phi) is 9.77. The first-order valence-corrected chi connectivity index (χ1v) is 8.91. The molecule has 0 saturated carbocycles. The molecule has 0 radical (unpaired) electrons. The molecule has 1 rings (SSSR count). The average molecular weight is 357 g/mol. The summed E-state index contributed by atoms with van der Waals surface area (Å²) < 4.78 is 10.8. The minimum absolute atomic E-state index is 0.0274. The topological polar surface area (TPSA) is 78.4 Å². The van der Waals surface area contributed by atoms with Gasteiger partial charge in [-0.3, -0.25) is 9.69 Å². The number of hydrogen-bond donors (Lipinski definition) is 2. The first-order valence-electron chi connectivity index (χ1n) is 8.91. The van der Waals surface area contributed by atoms with Gasteiger partial charge in [-0.2, -0.15) is 0 Å². The standard InChI is InChI=1S/C17H35N5O3/c1-17(2,24-5)14-20-16(19-13-15(23)21(3)4)18-7-6-8-22-9-11-25-12-10-22/h6-14H2,1-5H3,(H2,18,19,20). The van der Waals surface area contributed by atoms with Gasteiger partial charge in [-0.25, -0.2) is 4.99 Å². The first-order chi connectivity index (χ1) is 11.8. The lowest BCUT2D eigenvalue weighted by Gasteiger charge is -2.27. The van der Waals surface area contributed by atoms with Gasteiger partial charge in [0, 0.05) is 47.4 Å². The van der Waals surface area contributed by atoms with E-state index in [1.54, 1.807) is 26.1 Å². The van der Waals surface area contributed by atoms with Crippen molar-refractivity contribution in [3.63, 3.8) is 0 Å². The minimum atomic E-state index is -0.304.